The Hall–Kier alpha value is -1.30. The maximum Gasteiger partial charge on any atom is 0.225 e. The molecule has 114 valence electrons. The van der Waals surface area contributed by atoms with Crippen molar-refractivity contribution in [2.75, 3.05) is 26.2 Å². The molecule has 1 aliphatic heterocycles. The van der Waals surface area contributed by atoms with E-state index in [0.29, 0.717) is 5.92 Å². The molecule has 1 saturated carbocycles. The lowest BCUT2D eigenvalue weighted by Gasteiger charge is -2.43. The highest BCUT2D eigenvalue weighted by Gasteiger charge is 2.38. The fourth-order valence-electron chi connectivity index (χ4n) is 2.86. The molecule has 0 aromatic heterocycles. The fraction of sp³-hybridized carbons (Fsp3) is 0.857. The number of carbonyl (C=O) groups excluding carboxylic acids is 1. The van der Waals surface area contributed by atoms with Crippen molar-refractivity contribution in [1.29, 1.82) is 0 Å². The number of amidine groups is 1. The van der Waals surface area contributed by atoms with E-state index in [1.807, 2.05) is 25.7 Å². The molecule has 6 nitrogen and oxygen atoms in total. The maximum absolute atomic E-state index is 12.3. The molecule has 0 aromatic carbocycles. The monoisotopic (exact) mass is 282 g/mol. The van der Waals surface area contributed by atoms with E-state index in [4.69, 9.17) is 10.9 Å². The zero-order valence-corrected chi connectivity index (χ0v) is 12.7. The van der Waals surface area contributed by atoms with Gasteiger partial charge in [-0.1, -0.05) is 12.1 Å². The van der Waals surface area contributed by atoms with Crippen molar-refractivity contribution in [3.63, 3.8) is 0 Å². The van der Waals surface area contributed by atoms with Crippen LogP contribution >= 0.6 is 0 Å². The minimum atomic E-state index is -0.480. The quantitative estimate of drug-likeness (QED) is 0.344. The third-order valence-electron chi connectivity index (χ3n) is 4.84. The Bertz CT molecular complexity index is 396. The summed E-state index contributed by atoms with van der Waals surface area (Å²) in [5.41, 5.74) is 5.27. The van der Waals surface area contributed by atoms with Gasteiger partial charge in [0.15, 0.2) is 5.84 Å². The van der Waals surface area contributed by atoms with E-state index in [1.165, 1.54) is 12.8 Å². The molecule has 1 amide bonds. The van der Waals surface area contributed by atoms with Gasteiger partial charge >= 0.3 is 0 Å². The summed E-state index contributed by atoms with van der Waals surface area (Å²) in [6, 6.07) is 0. The predicted octanol–water partition coefficient (Wildman–Crippen LogP) is 0.702. The number of oxime groups is 1. The Labute approximate surface area is 120 Å². The number of rotatable bonds is 4. The van der Waals surface area contributed by atoms with Crippen molar-refractivity contribution in [2.24, 2.45) is 22.7 Å². The van der Waals surface area contributed by atoms with Crippen LogP contribution in [-0.4, -0.2) is 58.5 Å². The topological polar surface area (TPSA) is 82.2 Å². The molecular formula is C14H26N4O2. The van der Waals surface area contributed by atoms with E-state index in [9.17, 15) is 4.79 Å². The van der Waals surface area contributed by atoms with Crippen LogP contribution in [0.3, 0.4) is 0 Å². The Kier molecular flexibility index (Phi) is 4.22. The molecule has 2 rings (SSSR count). The van der Waals surface area contributed by atoms with E-state index in [2.05, 4.69) is 10.1 Å². The van der Waals surface area contributed by atoms with Crippen molar-refractivity contribution in [2.45, 2.75) is 39.2 Å². The predicted molar refractivity (Wildman–Crippen MR) is 77.5 cm³/mol. The third kappa shape index (κ3) is 2.90. The molecule has 0 spiro atoms. The number of carbonyl (C=O) groups is 1. The van der Waals surface area contributed by atoms with E-state index < -0.39 is 5.54 Å². The van der Waals surface area contributed by atoms with Crippen molar-refractivity contribution in [3.8, 4) is 0 Å². The minimum absolute atomic E-state index is 0.165. The molecule has 2 fully saturated rings. The highest BCUT2D eigenvalue weighted by atomic mass is 16.4. The van der Waals surface area contributed by atoms with Crippen LogP contribution < -0.4 is 5.73 Å². The smallest absolute Gasteiger partial charge is 0.225 e. The van der Waals surface area contributed by atoms with Gasteiger partial charge in [-0.25, -0.2) is 0 Å². The van der Waals surface area contributed by atoms with Gasteiger partial charge < -0.3 is 15.8 Å². The second-order valence-corrected chi connectivity index (χ2v) is 6.48. The molecule has 3 N–H and O–H groups in total. The zero-order valence-electron chi connectivity index (χ0n) is 12.7. The van der Waals surface area contributed by atoms with Gasteiger partial charge in [0.05, 0.1) is 5.54 Å². The van der Waals surface area contributed by atoms with Gasteiger partial charge in [-0.05, 0) is 32.6 Å². The summed E-state index contributed by atoms with van der Waals surface area (Å²) in [6.07, 6.45) is 2.40. The molecule has 0 bridgehead atoms. The van der Waals surface area contributed by atoms with Gasteiger partial charge in [-0.3, -0.25) is 9.69 Å². The molecule has 1 unspecified atom stereocenters. The summed E-state index contributed by atoms with van der Waals surface area (Å²) >= 11 is 0. The summed E-state index contributed by atoms with van der Waals surface area (Å²) in [4.78, 5) is 16.5. The summed E-state index contributed by atoms with van der Waals surface area (Å²) < 4.78 is 0. The van der Waals surface area contributed by atoms with Gasteiger partial charge in [-0.15, -0.1) is 0 Å². The molecule has 1 saturated heterocycles. The maximum atomic E-state index is 12.3. The highest BCUT2D eigenvalue weighted by molar-refractivity contribution is 5.88. The van der Waals surface area contributed by atoms with Crippen LogP contribution in [-0.2, 0) is 4.79 Å². The normalized spacial score (nSPS) is 23.8. The lowest BCUT2D eigenvalue weighted by atomic mass is 9.99. The van der Waals surface area contributed by atoms with Gasteiger partial charge in [0.25, 0.3) is 0 Å². The van der Waals surface area contributed by atoms with Crippen molar-refractivity contribution in [3.05, 3.63) is 0 Å². The van der Waals surface area contributed by atoms with Crippen LogP contribution in [0.1, 0.15) is 33.6 Å². The second kappa shape index (κ2) is 5.60. The van der Waals surface area contributed by atoms with E-state index in [0.717, 1.165) is 26.2 Å². The van der Waals surface area contributed by atoms with E-state index in [1.54, 1.807) is 0 Å². The molecule has 0 aromatic rings. The molecule has 20 heavy (non-hydrogen) atoms. The number of piperazine rings is 1. The van der Waals surface area contributed by atoms with Gasteiger partial charge in [0, 0.05) is 32.1 Å². The molecule has 1 heterocycles. The van der Waals surface area contributed by atoms with E-state index >= 15 is 0 Å². The van der Waals surface area contributed by atoms with Crippen molar-refractivity contribution >= 4 is 11.7 Å². The molecule has 1 aliphatic carbocycles. The highest BCUT2D eigenvalue weighted by Crippen LogP contribution is 2.37. The van der Waals surface area contributed by atoms with Crippen LogP contribution in [0.2, 0.25) is 0 Å². The summed E-state index contributed by atoms with van der Waals surface area (Å²) in [5.74, 6) is 1.27. The van der Waals surface area contributed by atoms with Gasteiger partial charge in [0.2, 0.25) is 5.91 Å². The van der Waals surface area contributed by atoms with Crippen LogP contribution in [0.5, 0.6) is 0 Å². The summed E-state index contributed by atoms with van der Waals surface area (Å²) in [5, 5.41) is 12.0. The molecule has 1 atom stereocenters. The first-order valence-electron chi connectivity index (χ1n) is 7.39. The molecular weight excluding hydrogens is 256 g/mol. The number of hydrogen-bond acceptors (Lipinski definition) is 4. The Morgan fingerprint density at radius 1 is 1.30 bits per heavy atom. The average Bonchev–Trinajstić information content (AvgIpc) is 3.29. The zero-order chi connectivity index (χ0) is 14.9. The standard InChI is InChI=1S/C14H26N4O2/c1-10(11-4-5-11)12(19)17-6-8-18(9-7-17)14(2,3)13(15)16-20/h10-11,20H,4-9H2,1-3H3,(H2,15,16). The Balaban J connectivity index is 1.90. The van der Waals surface area contributed by atoms with Crippen LogP contribution in [0.15, 0.2) is 5.16 Å². The van der Waals surface area contributed by atoms with Crippen molar-refractivity contribution in [1.82, 2.24) is 9.80 Å². The van der Waals surface area contributed by atoms with E-state index in [-0.39, 0.29) is 17.7 Å². The average molecular weight is 282 g/mol. The number of nitrogens with two attached hydrogens (primary N) is 1. The molecule has 2 aliphatic rings. The second-order valence-electron chi connectivity index (χ2n) is 6.48. The van der Waals surface area contributed by atoms with Gasteiger partial charge in [-0.2, -0.15) is 0 Å². The lowest BCUT2D eigenvalue weighted by molar-refractivity contribution is -0.137. The fourth-order valence-corrected chi connectivity index (χ4v) is 2.86. The van der Waals surface area contributed by atoms with Crippen LogP contribution in [0.4, 0.5) is 0 Å². The van der Waals surface area contributed by atoms with Crippen molar-refractivity contribution < 1.29 is 10.0 Å². The first kappa shape index (κ1) is 15.1. The Morgan fingerprint density at radius 3 is 2.30 bits per heavy atom. The molecule has 0 radical (unpaired) electrons. The molecule has 6 heteroatoms. The first-order valence-corrected chi connectivity index (χ1v) is 7.39. The number of amides is 1. The first-order chi connectivity index (χ1) is 9.37. The van der Waals surface area contributed by atoms with Crippen LogP contribution in [0, 0.1) is 11.8 Å². The SMILES string of the molecule is CC(C(=O)N1CCN(C(C)(C)C(N)=NO)CC1)C1CC1. The minimum Gasteiger partial charge on any atom is -0.409 e. The number of hydrogen-bond donors (Lipinski definition) is 2. The summed E-state index contributed by atoms with van der Waals surface area (Å²) in [6.45, 7) is 8.88. The lowest BCUT2D eigenvalue weighted by Crippen LogP contribution is -2.60. The Morgan fingerprint density at radius 2 is 1.85 bits per heavy atom. The summed E-state index contributed by atoms with van der Waals surface area (Å²) in [7, 11) is 0. The van der Waals surface area contributed by atoms with Crippen LogP contribution in [0.25, 0.3) is 0 Å². The van der Waals surface area contributed by atoms with Gasteiger partial charge in [0.1, 0.15) is 0 Å². The third-order valence-corrected chi connectivity index (χ3v) is 4.84. The number of nitrogens with zero attached hydrogens (tertiary/aromatic N) is 3. The largest absolute Gasteiger partial charge is 0.409 e.